The molecule has 0 saturated heterocycles. The van der Waals surface area contributed by atoms with Crippen LogP contribution in [0.4, 0.5) is 0 Å². The third-order valence-electron chi connectivity index (χ3n) is 3.56. The lowest BCUT2D eigenvalue weighted by Gasteiger charge is -2.20. The van der Waals surface area contributed by atoms with Gasteiger partial charge in [0.15, 0.2) is 0 Å². The maximum absolute atomic E-state index is 6.22. The maximum Gasteiger partial charge on any atom is 0.0438 e. The van der Waals surface area contributed by atoms with E-state index in [1.54, 1.807) is 0 Å². The number of hydrogen-bond donors (Lipinski definition) is 1. The molecule has 0 aliphatic rings. The Labute approximate surface area is 120 Å². The average molecular weight is 274 g/mol. The van der Waals surface area contributed by atoms with Gasteiger partial charge in [0.25, 0.3) is 0 Å². The Morgan fingerprint density at radius 1 is 1.11 bits per heavy atom. The summed E-state index contributed by atoms with van der Waals surface area (Å²) in [6.45, 7) is 4.21. The van der Waals surface area contributed by atoms with Crippen LogP contribution >= 0.6 is 11.6 Å². The van der Waals surface area contributed by atoms with Crippen LogP contribution in [0.15, 0.2) is 42.5 Å². The molecule has 1 atom stereocenters. The van der Waals surface area contributed by atoms with E-state index in [9.17, 15) is 0 Å². The van der Waals surface area contributed by atoms with E-state index in [-0.39, 0.29) is 0 Å². The first kappa shape index (κ1) is 14.1. The SMILES string of the molecule is CNC(Cc1cccc(C)c1)c1cccc(Cl)c1C. The summed E-state index contributed by atoms with van der Waals surface area (Å²) in [6.07, 6.45) is 0.972. The third-order valence-corrected chi connectivity index (χ3v) is 3.97. The third kappa shape index (κ3) is 3.37. The van der Waals surface area contributed by atoms with Crippen molar-refractivity contribution in [3.63, 3.8) is 0 Å². The van der Waals surface area contributed by atoms with Gasteiger partial charge in [-0.25, -0.2) is 0 Å². The maximum atomic E-state index is 6.22. The van der Waals surface area contributed by atoms with Crippen molar-refractivity contribution in [1.82, 2.24) is 5.32 Å². The highest BCUT2D eigenvalue weighted by Crippen LogP contribution is 2.26. The first-order chi connectivity index (χ1) is 9.11. The molecule has 0 heterocycles. The van der Waals surface area contributed by atoms with Crippen LogP contribution < -0.4 is 5.32 Å². The van der Waals surface area contributed by atoms with Crippen molar-refractivity contribution in [3.8, 4) is 0 Å². The van der Waals surface area contributed by atoms with Crippen molar-refractivity contribution >= 4 is 11.6 Å². The summed E-state index contributed by atoms with van der Waals surface area (Å²) in [6, 6.07) is 15.1. The van der Waals surface area contributed by atoms with Crippen LogP contribution in [0.5, 0.6) is 0 Å². The summed E-state index contributed by atoms with van der Waals surface area (Å²) < 4.78 is 0. The molecule has 1 unspecified atom stereocenters. The second kappa shape index (κ2) is 6.23. The van der Waals surface area contributed by atoms with E-state index >= 15 is 0 Å². The monoisotopic (exact) mass is 273 g/mol. The number of hydrogen-bond acceptors (Lipinski definition) is 1. The number of rotatable bonds is 4. The van der Waals surface area contributed by atoms with Crippen molar-refractivity contribution in [2.45, 2.75) is 26.3 Å². The summed E-state index contributed by atoms with van der Waals surface area (Å²) in [5, 5.41) is 4.23. The van der Waals surface area contributed by atoms with Gasteiger partial charge >= 0.3 is 0 Å². The van der Waals surface area contributed by atoms with Crippen LogP contribution in [0, 0.1) is 13.8 Å². The minimum atomic E-state index is 0.292. The molecule has 0 aliphatic carbocycles. The zero-order chi connectivity index (χ0) is 13.8. The van der Waals surface area contributed by atoms with Crippen molar-refractivity contribution in [1.29, 1.82) is 0 Å². The quantitative estimate of drug-likeness (QED) is 0.867. The molecule has 2 aromatic rings. The highest BCUT2D eigenvalue weighted by molar-refractivity contribution is 6.31. The molecule has 100 valence electrons. The van der Waals surface area contributed by atoms with E-state index in [1.165, 1.54) is 16.7 Å². The van der Waals surface area contributed by atoms with Crippen LogP contribution in [0.3, 0.4) is 0 Å². The van der Waals surface area contributed by atoms with E-state index in [4.69, 9.17) is 11.6 Å². The highest BCUT2D eigenvalue weighted by Gasteiger charge is 2.13. The first-order valence-electron chi connectivity index (χ1n) is 6.59. The number of benzene rings is 2. The minimum Gasteiger partial charge on any atom is -0.313 e. The van der Waals surface area contributed by atoms with Crippen LogP contribution in [-0.4, -0.2) is 7.05 Å². The molecule has 2 rings (SSSR count). The molecule has 19 heavy (non-hydrogen) atoms. The molecular formula is C17H20ClN. The largest absolute Gasteiger partial charge is 0.313 e. The van der Waals surface area contributed by atoms with Gasteiger partial charge in [-0.3, -0.25) is 0 Å². The summed E-state index contributed by atoms with van der Waals surface area (Å²) in [5.41, 5.74) is 5.08. The van der Waals surface area contributed by atoms with Crippen molar-refractivity contribution in [2.24, 2.45) is 0 Å². The van der Waals surface area contributed by atoms with Crippen LogP contribution in [0.25, 0.3) is 0 Å². The Kier molecular flexibility index (Phi) is 4.62. The van der Waals surface area contributed by atoms with E-state index in [1.807, 2.05) is 19.2 Å². The van der Waals surface area contributed by atoms with Gasteiger partial charge < -0.3 is 5.32 Å². The number of likely N-dealkylation sites (N-methyl/N-ethyl adjacent to an activating group) is 1. The number of halogens is 1. The molecule has 2 aromatic carbocycles. The summed E-state index contributed by atoms with van der Waals surface area (Å²) in [4.78, 5) is 0. The molecule has 2 heteroatoms. The topological polar surface area (TPSA) is 12.0 Å². The van der Waals surface area contributed by atoms with Gasteiger partial charge in [-0.05, 0) is 50.1 Å². The predicted octanol–water partition coefficient (Wildman–Crippen LogP) is 4.46. The smallest absolute Gasteiger partial charge is 0.0438 e. The van der Waals surface area contributed by atoms with Crippen molar-refractivity contribution in [2.75, 3.05) is 7.05 Å². The van der Waals surface area contributed by atoms with Gasteiger partial charge in [-0.15, -0.1) is 0 Å². The Bertz CT molecular complexity index is 563. The van der Waals surface area contributed by atoms with Gasteiger partial charge in [0.1, 0.15) is 0 Å². The lowest BCUT2D eigenvalue weighted by molar-refractivity contribution is 0.589. The normalized spacial score (nSPS) is 12.4. The second-order valence-corrected chi connectivity index (χ2v) is 5.40. The second-order valence-electron chi connectivity index (χ2n) is 4.99. The van der Waals surface area contributed by atoms with Crippen molar-refractivity contribution in [3.05, 3.63) is 69.7 Å². The number of aryl methyl sites for hydroxylation is 1. The van der Waals surface area contributed by atoms with Crippen LogP contribution in [0.1, 0.15) is 28.3 Å². The van der Waals surface area contributed by atoms with Gasteiger partial charge in [-0.1, -0.05) is 53.6 Å². The van der Waals surface area contributed by atoms with Gasteiger partial charge in [0.05, 0.1) is 0 Å². The van der Waals surface area contributed by atoms with Crippen LogP contribution in [-0.2, 0) is 6.42 Å². The highest BCUT2D eigenvalue weighted by atomic mass is 35.5. The summed E-state index contributed by atoms with van der Waals surface area (Å²) >= 11 is 6.22. The van der Waals surface area contributed by atoms with Gasteiger partial charge in [0, 0.05) is 11.1 Å². The zero-order valence-corrected chi connectivity index (χ0v) is 12.5. The van der Waals surface area contributed by atoms with Crippen LogP contribution in [0.2, 0.25) is 5.02 Å². The van der Waals surface area contributed by atoms with E-state index in [0.717, 1.165) is 17.0 Å². The fraction of sp³-hybridized carbons (Fsp3) is 0.294. The lowest BCUT2D eigenvalue weighted by atomic mass is 9.95. The fourth-order valence-corrected chi connectivity index (χ4v) is 2.63. The molecule has 0 saturated carbocycles. The molecule has 0 amide bonds. The Balaban J connectivity index is 2.28. The minimum absolute atomic E-state index is 0.292. The summed E-state index contributed by atoms with van der Waals surface area (Å²) in [5.74, 6) is 0. The van der Waals surface area contributed by atoms with E-state index < -0.39 is 0 Å². The van der Waals surface area contributed by atoms with Gasteiger partial charge in [0.2, 0.25) is 0 Å². The Morgan fingerprint density at radius 3 is 2.53 bits per heavy atom. The molecule has 0 aliphatic heterocycles. The standard InChI is InChI=1S/C17H20ClN/c1-12-6-4-7-14(10-12)11-17(19-3)15-8-5-9-16(18)13(15)2/h4-10,17,19H,11H2,1-3H3. The average Bonchev–Trinajstić information content (AvgIpc) is 2.40. The molecule has 1 nitrogen and oxygen atoms in total. The Morgan fingerprint density at radius 2 is 1.84 bits per heavy atom. The molecule has 0 fully saturated rings. The molecule has 0 bridgehead atoms. The molecule has 0 radical (unpaired) electrons. The molecule has 0 aromatic heterocycles. The van der Waals surface area contributed by atoms with Gasteiger partial charge in [-0.2, -0.15) is 0 Å². The number of nitrogens with one attached hydrogen (secondary N) is 1. The molecule has 0 spiro atoms. The van der Waals surface area contributed by atoms with E-state index in [2.05, 4.69) is 49.5 Å². The summed E-state index contributed by atoms with van der Waals surface area (Å²) in [7, 11) is 2.00. The molecular weight excluding hydrogens is 254 g/mol. The zero-order valence-electron chi connectivity index (χ0n) is 11.7. The lowest BCUT2D eigenvalue weighted by Crippen LogP contribution is -2.20. The Hall–Kier alpha value is -1.31. The predicted molar refractivity (Wildman–Crippen MR) is 82.9 cm³/mol. The molecule has 1 N–H and O–H groups in total. The van der Waals surface area contributed by atoms with Crippen molar-refractivity contribution < 1.29 is 0 Å². The fourth-order valence-electron chi connectivity index (χ4n) is 2.44. The first-order valence-corrected chi connectivity index (χ1v) is 6.97. The van der Waals surface area contributed by atoms with E-state index in [0.29, 0.717) is 6.04 Å².